The molecule has 0 unspecified atom stereocenters. The van der Waals surface area contributed by atoms with Gasteiger partial charge in [-0.1, -0.05) is 74.5 Å². The molecule has 1 fully saturated rings. The van der Waals surface area contributed by atoms with Gasteiger partial charge in [0, 0.05) is 12.0 Å². The third-order valence-electron chi connectivity index (χ3n) is 6.29. The molecule has 1 aliphatic carbocycles. The second-order valence-corrected chi connectivity index (χ2v) is 8.75. The lowest BCUT2D eigenvalue weighted by molar-refractivity contribution is -0.126. The van der Waals surface area contributed by atoms with Gasteiger partial charge in [-0.25, -0.2) is 4.79 Å². The molecule has 2 amide bonds. The first-order chi connectivity index (χ1) is 14.8. The van der Waals surface area contributed by atoms with E-state index in [1.807, 2.05) is 67.6 Å². The molecule has 2 aromatic carbocycles. The molecule has 0 radical (unpaired) electrons. The first kappa shape index (κ1) is 22.8. The Hall–Kier alpha value is -2.86. The summed E-state index contributed by atoms with van der Waals surface area (Å²) in [4.78, 5) is 25.2. The van der Waals surface area contributed by atoms with E-state index >= 15 is 0 Å². The molecule has 6 heteroatoms. The molecule has 1 aliphatic rings. The van der Waals surface area contributed by atoms with Crippen LogP contribution < -0.4 is 10.6 Å². The van der Waals surface area contributed by atoms with E-state index in [1.54, 1.807) is 6.92 Å². The van der Waals surface area contributed by atoms with Crippen LogP contribution in [0.2, 0.25) is 0 Å². The summed E-state index contributed by atoms with van der Waals surface area (Å²) in [5.41, 5.74) is 1.64. The average Bonchev–Trinajstić information content (AvgIpc) is 3.48. The summed E-state index contributed by atoms with van der Waals surface area (Å²) in [5, 5.41) is 15.1. The Morgan fingerprint density at radius 3 is 2.29 bits per heavy atom. The number of nitrogens with one attached hydrogen (secondary N) is 2. The van der Waals surface area contributed by atoms with Crippen molar-refractivity contribution in [2.45, 2.75) is 45.9 Å². The largest absolute Gasteiger partial charge is 0.445 e. The molecule has 5 atom stereocenters. The quantitative estimate of drug-likeness (QED) is 0.571. The van der Waals surface area contributed by atoms with E-state index in [2.05, 4.69) is 17.6 Å². The predicted molar refractivity (Wildman–Crippen MR) is 119 cm³/mol. The second-order valence-electron chi connectivity index (χ2n) is 8.75. The molecule has 3 rings (SSSR count). The van der Waals surface area contributed by atoms with Crippen LogP contribution in [-0.2, 0) is 16.1 Å². The first-order valence-corrected chi connectivity index (χ1v) is 10.8. The highest BCUT2D eigenvalue weighted by atomic mass is 16.5. The Bertz CT molecular complexity index is 874. The zero-order chi connectivity index (χ0) is 22.4. The Labute approximate surface area is 184 Å². The van der Waals surface area contributed by atoms with Crippen molar-refractivity contribution in [2.24, 2.45) is 17.3 Å². The molecule has 0 aliphatic heterocycles. The van der Waals surface area contributed by atoms with Crippen molar-refractivity contribution in [3.05, 3.63) is 71.8 Å². The van der Waals surface area contributed by atoms with Crippen LogP contribution in [-0.4, -0.2) is 29.8 Å². The van der Waals surface area contributed by atoms with Crippen molar-refractivity contribution in [3.8, 4) is 0 Å². The van der Waals surface area contributed by atoms with Crippen LogP contribution in [0.15, 0.2) is 60.7 Å². The van der Waals surface area contributed by atoms with Crippen LogP contribution in [0.4, 0.5) is 4.79 Å². The van der Waals surface area contributed by atoms with Gasteiger partial charge in [-0.15, -0.1) is 0 Å². The van der Waals surface area contributed by atoms with Gasteiger partial charge in [0.15, 0.2) is 0 Å². The van der Waals surface area contributed by atoms with Crippen LogP contribution in [0.1, 0.15) is 44.4 Å². The number of carbonyl (C=O) groups excluding carboxylic acids is 2. The number of hydrogen-bond donors (Lipinski definition) is 3. The van der Waals surface area contributed by atoms with Gasteiger partial charge in [0.25, 0.3) is 0 Å². The maximum atomic E-state index is 12.6. The monoisotopic (exact) mass is 424 g/mol. The van der Waals surface area contributed by atoms with Crippen molar-refractivity contribution in [1.82, 2.24) is 10.6 Å². The number of aliphatic hydroxyl groups is 1. The fraction of sp³-hybridized carbons (Fsp3) is 0.440. The molecule has 31 heavy (non-hydrogen) atoms. The van der Waals surface area contributed by atoms with E-state index in [-0.39, 0.29) is 48.5 Å². The molecular weight excluding hydrogens is 392 g/mol. The van der Waals surface area contributed by atoms with Crippen LogP contribution in [0, 0.1) is 17.3 Å². The van der Waals surface area contributed by atoms with Gasteiger partial charge < -0.3 is 20.5 Å². The third-order valence-corrected chi connectivity index (χ3v) is 6.29. The fourth-order valence-corrected chi connectivity index (χ4v) is 4.25. The van der Waals surface area contributed by atoms with Gasteiger partial charge in [-0.05, 0) is 35.8 Å². The molecule has 3 N–H and O–H groups in total. The maximum Gasteiger partial charge on any atom is 0.407 e. The van der Waals surface area contributed by atoms with Gasteiger partial charge in [0.2, 0.25) is 5.91 Å². The van der Waals surface area contributed by atoms with Crippen molar-refractivity contribution in [2.75, 3.05) is 6.61 Å². The Morgan fingerprint density at radius 1 is 1.06 bits per heavy atom. The van der Waals surface area contributed by atoms with Gasteiger partial charge in [-0.2, -0.15) is 0 Å². The van der Waals surface area contributed by atoms with E-state index in [0.29, 0.717) is 0 Å². The topological polar surface area (TPSA) is 87.7 Å². The zero-order valence-electron chi connectivity index (χ0n) is 18.4. The molecule has 1 saturated carbocycles. The van der Waals surface area contributed by atoms with Crippen molar-refractivity contribution < 1.29 is 19.4 Å². The standard InChI is InChI=1S/C25H32N2O4/c1-17(15-28)26-23(29)18(2)21-14-25(21,3)22(20-12-8-5-9-13-20)27-24(30)31-16-19-10-6-4-7-11-19/h4-13,17-18,21-22,28H,14-16H2,1-3H3,(H,26,29)(H,27,30)/t17-,18-,21-,22-,25+/m1/s1. The number of alkyl carbamates (subject to hydrolysis) is 1. The maximum absolute atomic E-state index is 12.6. The lowest BCUT2D eigenvalue weighted by Gasteiger charge is -2.28. The summed E-state index contributed by atoms with van der Waals surface area (Å²) in [6.07, 6.45) is 0.337. The third kappa shape index (κ3) is 5.64. The van der Waals surface area contributed by atoms with Crippen molar-refractivity contribution in [3.63, 3.8) is 0 Å². The van der Waals surface area contributed by atoms with E-state index in [9.17, 15) is 14.7 Å². The number of amides is 2. The highest BCUT2D eigenvalue weighted by Crippen LogP contribution is 2.63. The molecular formula is C25H32N2O4. The van der Waals surface area contributed by atoms with Gasteiger partial charge >= 0.3 is 6.09 Å². The van der Waals surface area contributed by atoms with Gasteiger partial charge in [0.1, 0.15) is 6.61 Å². The van der Waals surface area contributed by atoms with Crippen molar-refractivity contribution in [1.29, 1.82) is 0 Å². The van der Waals surface area contributed by atoms with E-state index in [4.69, 9.17) is 4.74 Å². The molecule has 6 nitrogen and oxygen atoms in total. The Morgan fingerprint density at radius 2 is 1.68 bits per heavy atom. The van der Waals surface area contributed by atoms with Crippen LogP contribution in [0.3, 0.4) is 0 Å². The lowest BCUT2D eigenvalue weighted by atomic mass is 9.86. The van der Waals surface area contributed by atoms with E-state index < -0.39 is 6.09 Å². The Balaban J connectivity index is 1.69. The summed E-state index contributed by atoms with van der Waals surface area (Å²) < 4.78 is 5.46. The summed E-state index contributed by atoms with van der Waals surface area (Å²) in [5.74, 6) is -0.195. The number of hydrogen-bond acceptors (Lipinski definition) is 4. The molecule has 0 heterocycles. The summed E-state index contributed by atoms with van der Waals surface area (Å²) in [6.45, 7) is 5.89. The minimum Gasteiger partial charge on any atom is -0.445 e. The molecule has 0 aromatic heterocycles. The molecule has 0 bridgehead atoms. The second kappa shape index (κ2) is 9.96. The predicted octanol–water partition coefficient (Wildman–Crippen LogP) is 3.81. The SMILES string of the molecule is C[C@H](CO)NC(=O)[C@H](C)[C@H]1C[C@]1(C)[C@H](NC(=O)OCc1ccccc1)c1ccccc1. The van der Waals surface area contributed by atoms with Crippen molar-refractivity contribution >= 4 is 12.0 Å². The normalized spacial score (nSPS) is 22.6. The molecule has 0 saturated heterocycles. The van der Waals surface area contributed by atoms with Crippen LogP contribution in [0.5, 0.6) is 0 Å². The fourth-order valence-electron chi connectivity index (χ4n) is 4.25. The van der Waals surface area contributed by atoms with Crippen LogP contribution in [0.25, 0.3) is 0 Å². The minimum atomic E-state index is -0.476. The molecule has 0 spiro atoms. The number of benzene rings is 2. The van der Waals surface area contributed by atoms with Gasteiger partial charge in [-0.3, -0.25) is 4.79 Å². The van der Waals surface area contributed by atoms with Gasteiger partial charge in [0.05, 0.1) is 12.6 Å². The average molecular weight is 425 g/mol. The molecule has 166 valence electrons. The lowest BCUT2D eigenvalue weighted by Crippen LogP contribution is -2.40. The Kier molecular flexibility index (Phi) is 7.33. The van der Waals surface area contributed by atoms with Crippen LogP contribution >= 0.6 is 0 Å². The highest BCUT2D eigenvalue weighted by Gasteiger charge is 2.59. The molecule has 2 aromatic rings. The number of aliphatic hydroxyl groups excluding tert-OH is 1. The summed E-state index contributed by atoms with van der Waals surface area (Å²) >= 11 is 0. The summed E-state index contributed by atoms with van der Waals surface area (Å²) in [6, 6.07) is 18.8. The first-order valence-electron chi connectivity index (χ1n) is 10.8. The van der Waals surface area contributed by atoms with E-state index in [0.717, 1.165) is 17.5 Å². The number of ether oxygens (including phenoxy) is 1. The minimum absolute atomic E-state index is 0.0752. The number of rotatable bonds is 9. The summed E-state index contributed by atoms with van der Waals surface area (Å²) in [7, 11) is 0. The number of carbonyl (C=O) groups is 2. The smallest absolute Gasteiger partial charge is 0.407 e. The zero-order valence-corrected chi connectivity index (χ0v) is 18.4. The van der Waals surface area contributed by atoms with E-state index in [1.165, 1.54) is 0 Å². The highest BCUT2D eigenvalue weighted by molar-refractivity contribution is 5.79.